The van der Waals surface area contributed by atoms with Crippen molar-refractivity contribution >= 4 is 43.1 Å². The number of fused-ring (bicyclic) bond motifs is 1. The van der Waals surface area contributed by atoms with Crippen LogP contribution in [0.5, 0.6) is 11.5 Å². The number of hydrogen-bond donors (Lipinski definition) is 1. The van der Waals surface area contributed by atoms with Crippen molar-refractivity contribution in [1.82, 2.24) is 0 Å². The van der Waals surface area contributed by atoms with Gasteiger partial charge in [-0.25, -0.2) is 17.6 Å². The van der Waals surface area contributed by atoms with Gasteiger partial charge < -0.3 is 14.2 Å². The molecule has 1 N–H and O–H groups in total. The SMILES string of the molecule is CCOC(=O)c1sc2cccc(F)c2c1S(=O)(=O)Nc1cc(OC)cc(OC)c1. The van der Waals surface area contributed by atoms with Crippen molar-refractivity contribution in [2.45, 2.75) is 11.8 Å². The average molecular weight is 439 g/mol. The van der Waals surface area contributed by atoms with E-state index in [1.54, 1.807) is 19.1 Å². The molecule has 0 amide bonds. The van der Waals surface area contributed by atoms with Gasteiger partial charge in [-0.15, -0.1) is 11.3 Å². The summed E-state index contributed by atoms with van der Waals surface area (Å²) in [7, 11) is -1.51. The minimum Gasteiger partial charge on any atom is -0.497 e. The molecule has 1 heterocycles. The van der Waals surface area contributed by atoms with Crippen LogP contribution in [-0.2, 0) is 14.8 Å². The van der Waals surface area contributed by atoms with E-state index in [0.717, 1.165) is 17.4 Å². The van der Waals surface area contributed by atoms with Crippen LogP contribution < -0.4 is 14.2 Å². The van der Waals surface area contributed by atoms with E-state index in [9.17, 15) is 17.6 Å². The van der Waals surface area contributed by atoms with Gasteiger partial charge in [-0.2, -0.15) is 0 Å². The summed E-state index contributed by atoms with van der Waals surface area (Å²) in [6, 6.07) is 8.57. The molecule has 0 aliphatic heterocycles. The van der Waals surface area contributed by atoms with Crippen LogP contribution in [0.1, 0.15) is 16.6 Å². The molecule has 0 unspecified atom stereocenters. The maximum atomic E-state index is 14.5. The second-order valence-corrected chi connectivity index (χ2v) is 8.47. The summed E-state index contributed by atoms with van der Waals surface area (Å²) in [4.78, 5) is 11.7. The minimum atomic E-state index is -4.35. The number of rotatable bonds is 7. The molecule has 0 aliphatic carbocycles. The van der Waals surface area contributed by atoms with Crippen molar-refractivity contribution in [2.75, 3.05) is 25.5 Å². The Balaban J connectivity index is 2.18. The van der Waals surface area contributed by atoms with Crippen LogP contribution >= 0.6 is 11.3 Å². The van der Waals surface area contributed by atoms with E-state index < -0.39 is 26.7 Å². The molecular weight excluding hydrogens is 421 g/mol. The van der Waals surface area contributed by atoms with Crippen molar-refractivity contribution in [1.29, 1.82) is 0 Å². The first-order valence-corrected chi connectivity index (χ1v) is 10.7. The number of nitrogens with one attached hydrogen (secondary N) is 1. The van der Waals surface area contributed by atoms with Crippen molar-refractivity contribution in [3.8, 4) is 11.5 Å². The fraction of sp³-hybridized carbons (Fsp3) is 0.211. The van der Waals surface area contributed by atoms with Crippen LogP contribution in [0.15, 0.2) is 41.3 Å². The quantitative estimate of drug-likeness (QED) is 0.559. The van der Waals surface area contributed by atoms with Gasteiger partial charge in [0.1, 0.15) is 27.1 Å². The Morgan fingerprint density at radius 2 is 1.79 bits per heavy atom. The van der Waals surface area contributed by atoms with Crippen LogP contribution in [0.25, 0.3) is 10.1 Å². The molecule has 154 valence electrons. The number of sulfonamides is 1. The molecule has 29 heavy (non-hydrogen) atoms. The number of benzene rings is 2. The molecule has 10 heteroatoms. The maximum absolute atomic E-state index is 14.5. The first-order chi connectivity index (χ1) is 13.8. The molecule has 0 saturated heterocycles. The lowest BCUT2D eigenvalue weighted by atomic mass is 10.2. The van der Waals surface area contributed by atoms with Crippen molar-refractivity contribution in [3.63, 3.8) is 0 Å². The van der Waals surface area contributed by atoms with Gasteiger partial charge in [-0.05, 0) is 19.1 Å². The van der Waals surface area contributed by atoms with Crippen molar-refractivity contribution < 1.29 is 31.8 Å². The molecule has 0 radical (unpaired) electrons. The Labute approximate surface area is 171 Å². The lowest BCUT2D eigenvalue weighted by Crippen LogP contribution is -2.17. The highest BCUT2D eigenvalue weighted by molar-refractivity contribution is 7.93. The first-order valence-electron chi connectivity index (χ1n) is 8.44. The van der Waals surface area contributed by atoms with E-state index in [4.69, 9.17) is 14.2 Å². The van der Waals surface area contributed by atoms with E-state index in [0.29, 0.717) is 16.2 Å². The lowest BCUT2D eigenvalue weighted by Gasteiger charge is -2.12. The summed E-state index contributed by atoms with van der Waals surface area (Å²) in [5.74, 6) is -0.877. The molecule has 3 rings (SSSR count). The Morgan fingerprint density at radius 3 is 2.38 bits per heavy atom. The molecule has 0 spiro atoms. The fourth-order valence-electron chi connectivity index (χ4n) is 2.74. The van der Waals surface area contributed by atoms with Crippen molar-refractivity contribution in [2.24, 2.45) is 0 Å². The topological polar surface area (TPSA) is 90.9 Å². The van der Waals surface area contributed by atoms with E-state index in [2.05, 4.69) is 4.72 Å². The molecule has 0 atom stereocenters. The summed E-state index contributed by atoms with van der Waals surface area (Å²) in [5, 5.41) is -0.164. The van der Waals surface area contributed by atoms with Crippen LogP contribution in [-0.4, -0.2) is 35.2 Å². The lowest BCUT2D eigenvalue weighted by molar-refractivity contribution is 0.0528. The van der Waals surface area contributed by atoms with Gasteiger partial charge in [0.05, 0.1) is 26.5 Å². The predicted molar refractivity (Wildman–Crippen MR) is 108 cm³/mol. The van der Waals surface area contributed by atoms with E-state index >= 15 is 0 Å². The Kier molecular flexibility index (Phi) is 5.94. The Bertz CT molecular complexity index is 1150. The average Bonchev–Trinajstić information content (AvgIpc) is 3.09. The van der Waals surface area contributed by atoms with E-state index in [-0.39, 0.29) is 22.6 Å². The zero-order valence-electron chi connectivity index (χ0n) is 15.8. The van der Waals surface area contributed by atoms with E-state index in [1.807, 2.05) is 0 Å². The minimum absolute atomic E-state index is 0.0512. The molecule has 7 nitrogen and oxygen atoms in total. The number of anilines is 1. The Hall–Kier alpha value is -2.85. The van der Waals surface area contributed by atoms with Gasteiger partial charge in [0.15, 0.2) is 0 Å². The molecule has 1 aromatic heterocycles. The summed E-state index contributed by atoms with van der Waals surface area (Å²) < 4.78 is 58.9. The third-order valence-electron chi connectivity index (χ3n) is 3.95. The number of methoxy groups -OCH3 is 2. The number of ether oxygens (including phenoxy) is 3. The van der Waals surface area contributed by atoms with Gasteiger partial charge in [0.2, 0.25) is 0 Å². The summed E-state index contributed by atoms with van der Waals surface area (Å²) in [6.07, 6.45) is 0. The van der Waals surface area contributed by atoms with Gasteiger partial charge in [-0.3, -0.25) is 4.72 Å². The number of carbonyl (C=O) groups is 1. The molecule has 2 aromatic carbocycles. The van der Waals surface area contributed by atoms with Crippen LogP contribution in [0, 0.1) is 5.82 Å². The number of esters is 1. The molecule has 0 bridgehead atoms. The van der Waals surface area contributed by atoms with E-state index in [1.165, 1.54) is 32.4 Å². The van der Waals surface area contributed by atoms with Crippen LogP contribution in [0.3, 0.4) is 0 Å². The number of carbonyl (C=O) groups excluding carboxylic acids is 1. The monoisotopic (exact) mass is 439 g/mol. The van der Waals surface area contributed by atoms with Crippen LogP contribution in [0.4, 0.5) is 10.1 Å². The first kappa shape index (κ1) is 20.9. The predicted octanol–water partition coefficient (Wildman–Crippen LogP) is 4.04. The van der Waals surface area contributed by atoms with Gasteiger partial charge in [-0.1, -0.05) is 6.07 Å². The number of halogens is 1. The largest absolute Gasteiger partial charge is 0.497 e. The van der Waals surface area contributed by atoms with Gasteiger partial charge in [0.25, 0.3) is 10.0 Å². The zero-order chi connectivity index (χ0) is 21.2. The zero-order valence-corrected chi connectivity index (χ0v) is 17.4. The second-order valence-electron chi connectivity index (χ2n) is 5.80. The van der Waals surface area contributed by atoms with Crippen LogP contribution in [0.2, 0.25) is 0 Å². The fourth-order valence-corrected chi connectivity index (χ4v) is 5.60. The summed E-state index contributed by atoms with van der Waals surface area (Å²) in [5.41, 5.74) is 0.131. The van der Waals surface area contributed by atoms with Crippen molar-refractivity contribution in [3.05, 3.63) is 47.1 Å². The third-order valence-corrected chi connectivity index (χ3v) is 6.67. The smallest absolute Gasteiger partial charge is 0.349 e. The highest BCUT2D eigenvalue weighted by atomic mass is 32.2. The molecule has 0 aliphatic rings. The standard InChI is InChI=1S/C19H18FNO6S2/c1-4-27-19(22)17-18(16-14(20)6-5-7-15(16)28-17)29(23,24)21-11-8-12(25-2)10-13(9-11)26-3/h5-10,21H,4H2,1-3H3. The maximum Gasteiger partial charge on any atom is 0.349 e. The molecule has 3 aromatic rings. The highest BCUT2D eigenvalue weighted by Gasteiger charge is 2.31. The normalized spacial score (nSPS) is 11.3. The van der Waals surface area contributed by atoms with Gasteiger partial charge >= 0.3 is 5.97 Å². The number of thiophene rings is 1. The summed E-state index contributed by atoms with van der Waals surface area (Å²) >= 11 is 0.856. The third kappa shape index (κ3) is 4.13. The second kappa shape index (κ2) is 8.26. The number of hydrogen-bond acceptors (Lipinski definition) is 7. The van der Waals surface area contributed by atoms with Gasteiger partial charge in [0, 0.05) is 28.3 Å². The molecule has 0 fully saturated rings. The Morgan fingerprint density at radius 1 is 1.14 bits per heavy atom. The highest BCUT2D eigenvalue weighted by Crippen LogP contribution is 2.38. The molecule has 0 saturated carbocycles. The summed E-state index contributed by atoms with van der Waals surface area (Å²) in [6.45, 7) is 1.65. The molecular formula is C19H18FNO6S2.